The van der Waals surface area contributed by atoms with E-state index in [4.69, 9.17) is 4.74 Å². The van der Waals surface area contributed by atoms with Crippen LogP contribution in [-0.2, 0) is 14.8 Å². The third kappa shape index (κ3) is 2.29. The first-order valence-corrected chi connectivity index (χ1v) is 5.85. The van der Waals surface area contributed by atoms with E-state index in [1.807, 2.05) is 6.92 Å². The van der Waals surface area contributed by atoms with Crippen molar-refractivity contribution in [2.24, 2.45) is 4.40 Å². The van der Waals surface area contributed by atoms with E-state index in [-0.39, 0.29) is 10.6 Å². The number of ether oxygens (including phenoxy) is 1. The van der Waals surface area contributed by atoms with E-state index in [1.54, 1.807) is 13.0 Å². The molecule has 0 fully saturated rings. The summed E-state index contributed by atoms with van der Waals surface area (Å²) in [7, 11) is -2.66. The summed E-state index contributed by atoms with van der Waals surface area (Å²) in [5.41, 5.74) is 1.67. The molecule has 0 saturated heterocycles. The number of nitrogens with zero attached hydrogens (tertiary/aromatic N) is 1. The summed E-state index contributed by atoms with van der Waals surface area (Å²) < 4.78 is 30.9. The molecule has 0 bridgehead atoms. The topological polar surface area (TPSA) is 72.8 Å². The molecule has 1 aromatic rings. The Morgan fingerprint density at radius 1 is 1.25 bits per heavy atom. The third-order valence-electron chi connectivity index (χ3n) is 2.22. The van der Waals surface area contributed by atoms with E-state index in [1.165, 1.54) is 13.2 Å². The first-order chi connectivity index (χ1) is 7.42. The van der Waals surface area contributed by atoms with E-state index in [9.17, 15) is 13.2 Å². The highest BCUT2D eigenvalue weighted by Crippen LogP contribution is 2.28. The number of hydrogen-bond donors (Lipinski definition) is 0. The quantitative estimate of drug-likeness (QED) is 0.591. The van der Waals surface area contributed by atoms with Gasteiger partial charge in [0.1, 0.15) is 10.6 Å². The fourth-order valence-corrected chi connectivity index (χ4v) is 2.14. The van der Waals surface area contributed by atoms with Gasteiger partial charge in [-0.1, -0.05) is 4.40 Å². The first-order valence-electron chi connectivity index (χ1n) is 4.41. The minimum Gasteiger partial charge on any atom is -0.495 e. The standard InChI is InChI=1S/C10H11NO4S/c1-7-4-9(15-3)10(5-8(7)2)16(13,14)11-6-12/h4-5H,1-3H3. The number of isocyanates is 1. The lowest BCUT2D eigenvalue weighted by Crippen LogP contribution is -2.01. The van der Waals surface area contributed by atoms with Gasteiger partial charge in [-0.05, 0) is 37.1 Å². The van der Waals surface area contributed by atoms with Gasteiger partial charge in [0.2, 0.25) is 0 Å². The molecular weight excluding hydrogens is 230 g/mol. The van der Waals surface area contributed by atoms with Crippen molar-refractivity contribution in [2.45, 2.75) is 18.7 Å². The van der Waals surface area contributed by atoms with Gasteiger partial charge in [-0.25, -0.2) is 4.79 Å². The summed E-state index contributed by atoms with van der Waals surface area (Å²) >= 11 is 0. The van der Waals surface area contributed by atoms with E-state index in [0.717, 1.165) is 17.2 Å². The van der Waals surface area contributed by atoms with E-state index in [0.29, 0.717) is 0 Å². The largest absolute Gasteiger partial charge is 0.495 e. The second-order valence-corrected chi connectivity index (χ2v) is 4.82. The van der Waals surface area contributed by atoms with Gasteiger partial charge in [0, 0.05) is 0 Å². The lowest BCUT2D eigenvalue weighted by molar-refractivity contribution is 0.402. The van der Waals surface area contributed by atoms with E-state index < -0.39 is 10.0 Å². The average Bonchev–Trinajstić information content (AvgIpc) is 2.21. The number of aryl methyl sites for hydroxylation is 2. The Hall–Kier alpha value is -1.65. The molecule has 0 aromatic heterocycles. The van der Waals surface area contributed by atoms with E-state index in [2.05, 4.69) is 4.40 Å². The number of rotatable bonds is 3. The second kappa shape index (κ2) is 4.47. The predicted molar refractivity (Wildman–Crippen MR) is 57.8 cm³/mol. The Balaban J connectivity index is 3.56. The summed E-state index contributed by atoms with van der Waals surface area (Å²) in [6.07, 6.45) is 1.02. The monoisotopic (exact) mass is 241 g/mol. The van der Waals surface area contributed by atoms with Crippen LogP contribution in [0.2, 0.25) is 0 Å². The fourth-order valence-electron chi connectivity index (χ4n) is 1.22. The zero-order valence-corrected chi connectivity index (χ0v) is 9.96. The number of hydrogen-bond acceptors (Lipinski definition) is 4. The SMILES string of the molecule is COc1cc(C)c(C)cc1S(=O)(=O)N=C=O. The molecule has 0 saturated carbocycles. The summed E-state index contributed by atoms with van der Waals surface area (Å²) in [6.45, 7) is 3.59. The average molecular weight is 241 g/mol. The Bertz CT molecular complexity index is 556. The lowest BCUT2D eigenvalue weighted by Gasteiger charge is -2.09. The maximum absolute atomic E-state index is 11.6. The normalized spacial score (nSPS) is 10.7. The number of sulfonamides is 1. The van der Waals surface area contributed by atoms with Gasteiger partial charge in [0.05, 0.1) is 7.11 Å². The molecule has 5 nitrogen and oxygen atoms in total. The van der Waals surface area contributed by atoms with Crippen molar-refractivity contribution < 1.29 is 17.9 Å². The molecule has 0 N–H and O–H groups in total. The van der Waals surface area contributed by atoms with Crippen molar-refractivity contribution >= 4 is 16.1 Å². The van der Waals surface area contributed by atoms with Crippen molar-refractivity contribution in [1.29, 1.82) is 0 Å². The van der Waals surface area contributed by atoms with Crippen molar-refractivity contribution in [3.05, 3.63) is 23.3 Å². The Labute approximate surface area is 93.8 Å². The lowest BCUT2D eigenvalue weighted by atomic mass is 10.1. The molecule has 6 heteroatoms. The first kappa shape index (κ1) is 12.4. The minimum absolute atomic E-state index is 0.124. The van der Waals surface area contributed by atoms with Crippen LogP contribution in [-0.4, -0.2) is 21.6 Å². The third-order valence-corrected chi connectivity index (χ3v) is 3.41. The molecule has 0 aliphatic rings. The smallest absolute Gasteiger partial charge is 0.296 e. The summed E-state index contributed by atoms with van der Waals surface area (Å²) in [6, 6.07) is 3.01. The molecule has 0 unspecified atom stereocenters. The molecule has 1 aromatic carbocycles. The molecule has 0 aliphatic carbocycles. The Morgan fingerprint density at radius 3 is 2.31 bits per heavy atom. The molecule has 0 amide bonds. The molecular formula is C10H11NO4S. The number of benzene rings is 1. The van der Waals surface area contributed by atoms with Gasteiger partial charge in [-0.3, -0.25) is 0 Å². The van der Waals surface area contributed by atoms with Gasteiger partial charge >= 0.3 is 0 Å². The summed E-state index contributed by atoms with van der Waals surface area (Å²) in [5.74, 6) is 0.169. The molecule has 0 aliphatic heterocycles. The fraction of sp³-hybridized carbons (Fsp3) is 0.300. The van der Waals surface area contributed by atoms with Crippen LogP contribution in [0.15, 0.2) is 21.4 Å². The number of carbonyl (C=O) groups excluding carboxylic acids is 1. The molecule has 16 heavy (non-hydrogen) atoms. The zero-order chi connectivity index (χ0) is 12.3. The van der Waals surface area contributed by atoms with Crippen LogP contribution < -0.4 is 4.74 Å². The van der Waals surface area contributed by atoms with Gasteiger partial charge in [-0.2, -0.15) is 8.42 Å². The highest BCUT2D eigenvalue weighted by Gasteiger charge is 2.19. The highest BCUT2D eigenvalue weighted by molar-refractivity contribution is 7.90. The predicted octanol–water partition coefficient (Wildman–Crippen LogP) is 1.34. The molecule has 0 heterocycles. The maximum Gasteiger partial charge on any atom is 0.296 e. The van der Waals surface area contributed by atoms with Crippen LogP contribution in [0.5, 0.6) is 5.75 Å². The van der Waals surface area contributed by atoms with Crippen LogP contribution in [0.3, 0.4) is 0 Å². The van der Waals surface area contributed by atoms with Crippen LogP contribution >= 0.6 is 0 Å². The minimum atomic E-state index is -4.02. The van der Waals surface area contributed by atoms with Crippen molar-refractivity contribution in [3.8, 4) is 5.75 Å². The number of methoxy groups -OCH3 is 1. The van der Waals surface area contributed by atoms with E-state index >= 15 is 0 Å². The summed E-state index contributed by atoms with van der Waals surface area (Å²) in [5, 5.41) is 0. The van der Waals surface area contributed by atoms with Gasteiger partial charge in [-0.15, -0.1) is 0 Å². The van der Waals surface area contributed by atoms with Gasteiger partial charge in [0.15, 0.2) is 0 Å². The van der Waals surface area contributed by atoms with Gasteiger partial charge < -0.3 is 4.74 Å². The second-order valence-electron chi connectivity index (χ2n) is 3.24. The van der Waals surface area contributed by atoms with Crippen molar-refractivity contribution in [3.63, 3.8) is 0 Å². The van der Waals surface area contributed by atoms with Crippen LogP contribution in [0.25, 0.3) is 0 Å². The molecule has 0 radical (unpaired) electrons. The van der Waals surface area contributed by atoms with Gasteiger partial charge in [0.25, 0.3) is 16.1 Å². The molecule has 1 rings (SSSR count). The highest BCUT2D eigenvalue weighted by atomic mass is 32.2. The molecule has 0 spiro atoms. The molecule has 0 atom stereocenters. The van der Waals surface area contributed by atoms with Crippen LogP contribution in [0.4, 0.5) is 0 Å². The van der Waals surface area contributed by atoms with Crippen molar-refractivity contribution in [1.82, 2.24) is 0 Å². The Morgan fingerprint density at radius 2 is 1.81 bits per heavy atom. The zero-order valence-electron chi connectivity index (χ0n) is 9.14. The van der Waals surface area contributed by atoms with Crippen molar-refractivity contribution in [2.75, 3.05) is 7.11 Å². The maximum atomic E-state index is 11.6. The molecule has 86 valence electrons. The Kier molecular flexibility index (Phi) is 3.47. The summed E-state index contributed by atoms with van der Waals surface area (Å²) in [4.78, 5) is 9.91. The van der Waals surface area contributed by atoms with Crippen LogP contribution in [0, 0.1) is 13.8 Å². The van der Waals surface area contributed by atoms with Crippen LogP contribution in [0.1, 0.15) is 11.1 Å².